The molecule has 5 atom stereocenters. The Morgan fingerprint density at radius 3 is 2.08 bits per heavy atom. The maximum Gasteiger partial charge on any atom is 0.326 e. The molecule has 3 aromatic rings. The lowest BCUT2D eigenvalue weighted by Crippen LogP contribution is -2.60. The highest BCUT2D eigenvalue weighted by Gasteiger charge is 2.33. The number of benzene rings is 2. The Morgan fingerprint density at radius 2 is 1.45 bits per heavy atom. The zero-order valence-electron chi connectivity index (χ0n) is 22.8. The molecule has 3 amide bonds. The summed E-state index contributed by atoms with van der Waals surface area (Å²) in [6.07, 6.45) is 0.648. The molecule has 11 nitrogen and oxygen atoms in total. The molecule has 0 saturated heterocycles. The summed E-state index contributed by atoms with van der Waals surface area (Å²) in [5.41, 5.74) is 8.43. The molecule has 8 N–H and O–H groups in total. The van der Waals surface area contributed by atoms with Crippen LogP contribution in [-0.4, -0.2) is 69.2 Å². The molecule has 0 spiro atoms. The summed E-state index contributed by atoms with van der Waals surface area (Å²) in [6.45, 7) is 4.65. The number of carboxylic acids is 1. The fraction of sp³-hybridized carbons (Fsp3) is 0.379. The fourth-order valence-electron chi connectivity index (χ4n) is 4.38. The van der Waals surface area contributed by atoms with Crippen LogP contribution in [0, 0.1) is 5.92 Å². The van der Waals surface area contributed by atoms with Crippen molar-refractivity contribution >= 4 is 34.6 Å². The van der Waals surface area contributed by atoms with Gasteiger partial charge in [-0.15, -0.1) is 0 Å². The van der Waals surface area contributed by atoms with E-state index in [-0.39, 0.29) is 12.8 Å². The molecule has 1 aromatic heterocycles. The number of aromatic nitrogens is 1. The minimum Gasteiger partial charge on any atom is -0.480 e. The Labute approximate surface area is 232 Å². The van der Waals surface area contributed by atoms with Crippen LogP contribution in [0.3, 0.4) is 0 Å². The van der Waals surface area contributed by atoms with Gasteiger partial charge in [0.05, 0.1) is 12.1 Å². The van der Waals surface area contributed by atoms with Gasteiger partial charge < -0.3 is 36.9 Å². The van der Waals surface area contributed by atoms with Gasteiger partial charge >= 0.3 is 5.97 Å². The highest BCUT2D eigenvalue weighted by atomic mass is 16.4. The highest BCUT2D eigenvalue weighted by Crippen LogP contribution is 2.19. The van der Waals surface area contributed by atoms with Crippen molar-refractivity contribution in [1.82, 2.24) is 20.9 Å². The zero-order valence-corrected chi connectivity index (χ0v) is 22.8. The molecule has 40 heavy (non-hydrogen) atoms. The van der Waals surface area contributed by atoms with E-state index in [0.717, 1.165) is 22.0 Å². The molecule has 1 heterocycles. The van der Waals surface area contributed by atoms with E-state index in [4.69, 9.17) is 5.73 Å². The summed E-state index contributed by atoms with van der Waals surface area (Å²) in [7, 11) is 0. The van der Waals surface area contributed by atoms with E-state index >= 15 is 0 Å². The van der Waals surface area contributed by atoms with Crippen molar-refractivity contribution in [2.45, 2.75) is 63.9 Å². The number of amides is 3. The maximum atomic E-state index is 13.3. The Kier molecular flexibility index (Phi) is 10.4. The van der Waals surface area contributed by atoms with Crippen LogP contribution in [0.5, 0.6) is 0 Å². The molecule has 0 fully saturated rings. The average molecular weight is 552 g/mol. The smallest absolute Gasteiger partial charge is 0.326 e. The molecule has 0 aliphatic heterocycles. The third-order valence-electron chi connectivity index (χ3n) is 6.66. The van der Waals surface area contributed by atoms with Gasteiger partial charge in [0.1, 0.15) is 18.1 Å². The predicted octanol–water partition coefficient (Wildman–Crippen LogP) is 0.856. The van der Waals surface area contributed by atoms with Crippen LogP contribution < -0.4 is 21.7 Å². The van der Waals surface area contributed by atoms with Crippen LogP contribution in [0.2, 0.25) is 0 Å². The fourth-order valence-corrected chi connectivity index (χ4v) is 4.38. The van der Waals surface area contributed by atoms with E-state index in [9.17, 15) is 29.4 Å². The molecule has 11 heteroatoms. The number of aliphatic carboxylic acids is 1. The number of aliphatic hydroxyl groups is 1. The predicted molar refractivity (Wildman–Crippen MR) is 150 cm³/mol. The molecule has 0 saturated carbocycles. The summed E-state index contributed by atoms with van der Waals surface area (Å²) < 4.78 is 0. The van der Waals surface area contributed by atoms with Crippen molar-refractivity contribution < 1.29 is 29.4 Å². The minimum atomic E-state index is -1.41. The van der Waals surface area contributed by atoms with E-state index in [0.29, 0.717) is 0 Å². The molecule has 0 aliphatic rings. The number of hydrogen-bond acceptors (Lipinski definition) is 6. The Balaban J connectivity index is 1.80. The first-order chi connectivity index (χ1) is 19.0. The van der Waals surface area contributed by atoms with Gasteiger partial charge in [-0.3, -0.25) is 14.4 Å². The van der Waals surface area contributed by atoms with Crippen LogP contribution in [-0.2, 0) is 32.0 Å². The van der Waals surface area contributed by atoms with Crippen molar-refractivity contribution in [3.05, 3.63) is 71.9 Å². The summed E-state index contributed by atoms with van der Waals surface area (Å²) in [5.74, 6) is -3.79. The molecular formula is C29H37N5O6. The van der Waals surface area contributed by atoms with Crippen LogP contribution in [0.15, 0.2) is 60.8 Å². The van der Waals surface area contributed by atoms with Gasteiger partial charge in [0, 0.05) is 23.5 Å². The van der Waals surface area contributed by atoms with E-state index in [1.807, 2.05) is 54.6 Å². The summed E-state index contributed by atoms with van der Waals surface area (Å²) in [6, 6.07) is 11.8. The Morgan fingerprint density at radius 1 is 0.825 bits per heavy atom. The average Bonchev–Trinajstić information content (AvgIpc) is 3.32. The second-order valence-corrected chi connectivity index (χ2v) is 10.2. The van der Waals surface area contributed by atoms with E-state index in [1.165, 1.54) is 6.92 Å². The lowest BCUT2D eigenvalue weighted by molar-refractivity contribution is -0.143. The number of nitrogens with two attached hydrogens (primary N) is 1. The van der Waals surface area contributed by atoms with Crippen LogP contribution in [0.4, 0.5) is 0 Å². The molecule has 214 valence electrons. The summed E-state index contributed by atoms with van der Waals surface area (Å²) in [5, 5.41) is 28.3. The van der Waals surface area contributed by atoms with Gasteiger partial charge in [-0.05, 0) is 36.5 Å². The number of carboxylic acid groups (broad SMARTS) is 1. The number of hydrogen-bond donors (Lipinski definition) is 7. The normalized spacial score (nSPS) is 15.1. The zero-order chi connectivity index (χ0) is 29.4. The highest BCUT2D eigenvalue weighted by molar-refractivity contribution is 5.95. The number of H-pyrrole nitrogens is 1. The molecule has 0 bridgehead atoms. The summed E-state index contributed by atoms with van der Waals surface area (Å²) in [4.78, 5) is 54.3. The molecule has 3 rings (SSSR count). The SMILES string of the molecule is CC(C)C(NC(=O)C(Cc1c[nH]c2ccccc12)NC(=O)C(NC(=O)C(N)Cc1ccccc1)C(C)O)C(=O)O. The number of carbonyl (C=O) groups excluding carboxylic acids is 3. The van der Waals surface area contributed by atoms with Gasteiger partial charge in [0.2, 0.25) is 17.7 Å². The van der Waals surface area contributed by atoms with Gasteiger partial charge in [-0.1, -0.05) is 62.4 Å². The lowest BCUT2D eigenvalue weighted by Gasteiger charge is -2.27. The first-order valence-corrected chi connectivity index (χ1v) is 13.1. The van der Waals surface area contributed by atoms with Crippen LogP contribution in [0.1, 0.15) is 31.9 Å². The lowest BCUT2D eigenvalue weighted by atomic mass is 10.0. The number of fused-ring (bicyclic) bond motifs is 1. The van der Waals surface area contributed by atoms with Gasteiger partial charge in [-0.25, -0.2) is 4.79 Å². The molecule has 0 radical (unpaired) electrons. The number of rotatable bonds is 13. The molecule has 0 aliphatic carbocycles. The van der Waals surface area contributed by atoms with Gasteiger partial charge in [0.15, 0.2) is 0 Å². The standard InChI is InChI=1S/C29H37N5O6/c1-16(2)24(29(39)40)33-27(37)23(14-19-15-31-22-12-8-7-11-20(19)22)32-28(38)25(17(3)35)34-26(36)21(30)13-18-9-5-4-6-10-18/h4-12,15-17,21,23-25,31,35H,13-14,30H2,1-3H3,(H,32,38)(H,33,37)(H,34,36)(H,39,40). The van der Waals surface area contributed by atoms with E-state index in [2.05, 4.69) is 20.9 Å². The quantitative estimate of drug-likeness (QED) is 0.164. The molecule has 5 unspecified atom stereocenters. The molecule has 2 aromatic carbocycles. The minimum absolute atomic E-state index is 0.0278. The van der Waals surface area contributed by atoms with E-state index < -0.39 is 59.9 Å². The Bertz CT molecular complexity index is 1320. The van der Waals surface area contributed by atoms with E-state index in [1.54, 1.807) is 20.0 Å². The summed E-state index contributed by atoms with van der Waals surface area (Å²) >= 11 is 0. The number of aliphatic hydroxyl groups excluding tert-OH is 1. The number of para-hydroxylation sites is 1. The number of carbonyl (C=O) groups is 4. The first kappa shape index (κ1) is 30.3. The van der Waals surface area contributed by atoms with Crippen molar-refractivity contribution in [2.24, 2.45) is 11.7 Å². The third-order valence-corrected chi connectivity index (χ3v) is 6.66. The van der Waals surface area contributed by atoms with Crippen LogP contribution >= 0.6 is 0 Å². The maximum absolute atomic E-state index is 13.3. The third kappa shape index (κ3) is 7.90. The van der Waals surface area contributed by atoms with Crippen molar-refractivity contribution in [3.63, 3.8) is 0 Å². The monoisotopic (exact) mass is 551 g/mol. The Hall–Kier alpha value is -4.22. The van der Waals surface area contributed by atoms with Crippen molar-refractivity contribution in [2.75, 3.05) is 0 Å². The second-order valence-electron chi connectivity index (χ2n) is 10.2. The topological polar surface area (TPSA) is 187 Å². The second kappa shape index (κ2) is 13.7. The van der Waals surface area contributed by atoms with Crippen LogP contribution in [0.25, 0.3) is 10.9 Å². The number of aromatic amines is 1. The number of nitrogens with one attached hydrogen (secondary N) is 4. The van der Waals surface area contributed by atoms with Crippen molar-refractivity contribution in [3.8, 4) is 0 Å². The molecular weight excluding hydrogens is 514 g/mol. The van der Waals surface area contributed by atoms with Gasteiger partial charge in [-0.2, -0.15) is 0 Å². The van der Waals surface area contributed by atoms with Crippen molar-refractivity contribution in [1.29, 1.82) is 0 Å². The largest absolute Gasteiger partial charge is 0.480 e. The van der Waals surface area contributed by atoms with Gasteiger partial charge in [0.25, 0.3) is 0 Å². The first-order valence-electron chi connectivity index (χ1n) is 13.1.